The molecular weight excluding hydrogens is 505 g/mol. The first-order valence-corrected chi connectivity index (χ1v) is 13.3. The molecule has 8 nitrogen and oxygen atoms in total. The number of hydrogen-bond acceptors (Lipinski definition) is 7. The van der Waals surface area contributed by atoms with Crippen molar-refractivity contribution >= 4 is 25.1 Å². The topological polar surface area (TPSA) is 89.3 Å². The van der Waals surface area contributed by atoms with Crippen LogP contribution in [0.2, 0.25) is 5.32 Å². The molecule has 34 heavy (non-hydrogen) atoms. The van der Waals surface area contributed by atoms with Crippen molar-refractivity contribution in [2.24, 2.45) is 0 Å². The van der Waals surface area contributed by atoms with Crippen LogP contribution in [0.3, 0.4) is 0 Å². The van der Waals surface area contributed by atoms with E-state index in [0.29, 0.717) is 0 Å². The zero-order valence-electron chi connectivity index (χ0n) is 20.4. The standard InChI is InChI=1S/C25H33NO7Se/c1-17-12-22-19(14-21(17)31-15-29-4)18(13-24(33-22)25(2,3)32-16-30-5)10-11-34-23-9-7-6-8-20(23)26(27)28/h6-9,12,14,18,24H,10-11,13,15-16H2,1-5H3/t18-,24+/m1/s1. The monoisotopic (exact) mass is 539 g/mol. The van der Waals surface area contributed by atoms with E-state index in [1.54, 1.807) is 26.4 Å². The van der Waals surface area contributed by atoms with Gasteiger partial charge in [-0.25, -0.2) is 0 Å². The first-order valence-electron chi connectivity index (χ1n) is 11.2. The Labute approximate surface area is 207 Å². The number of nitrogens with zero attached hydrogens (tertiary/aromatic N) is 1. The minimum atomic E-state index is -0.547. The van der Waals surface area contributed by atoms with Crippen molar-refractivity contribution < 1.29 is 28.6 Å². The fraction of sp³-hybridized carbons (Fsp3) is 0.520. The Bertz CT molecular complexity index is 982. The molecule has 0 fully saturated rings. The number of aryl methyl sites for hydroxylation is 1. The minimum absolute atomic E-state index is 0.0141. The molecule has 1 heterocycles. The molecule has 1 aliphatic heterocycles. The number of nitro benzene ring substituents is 1. The molecule has 9 heteroatoms. The summed E-state index contributed by atoms with van der Waals surface area (Å²) in [6, 6.07) is 11.1. The number of ether oxygens (including phenoxy) is 5. The van der Waals surface area contributed by atoms with Crippen LogP contribution in [0.1, 0.15) is 43.7 Å². The van der Waals surface area contributed by atoms with Crippen LogP contribution in [-0.4, -0.2) is 59.4 Å². The van der Waals surface area contributed by atoms with Crippen molar-refractivity contribution in [3.63, 3.8) is 0 Å². The molecule has 2 aromatic carbocycles. The molecule has 2 atom stereocenters. The van der Waals surface area contributed by atoms with Crippen molar-refractivity contribution in [1.29, 1.82) is 0 Å². The third-order valence-electron chi connectivity index (χ3n) is 5.96. The van der Waals surface area contributed by atoms with Gasteiger partial charge in [-0.1, -0.05) is 0 Å². The van der Waals surface area contributed by atoms with Gasteiger partial charge in [-0.2, -0.15) is 0 Å². The van der Waals surface area contributed by atoms with Gasteiger partial charge in [0.15, 0.2) is 0 Å². The second-order valence-corrected chi connectivity index (χ2v) is 11.1. The Morgan fingerprint density at radius 1 is 1.18 bits per heavy atom. The van der Waals surface area contributed by atoms with Gasteiger partial charge in [-0.3, -0.25) is 0 Å². The van der Waals surface area contributed by atoms with E-state index in [4.69, 9.17) is 23.7 Å². The molecule has 0 unspecified atom stereocenters. The van der Waals surface area contributed by atoms with Gasteiger partial charge in [0.05, 0.1) is 0 Å². The number of nitro groups is 1. The van der Waals surface area contributed by atoms with Crippen molar-refractivity contribution in [2.45, 2.75) is 56.6 Å². The van der Waals surface area contributed by atoms with Gasteiger partial charge < -0.3 is 0 Å². The van der Waals surface area contributed by atoms with Crippen LogP contribution in [0.15, 0.2) is 36.4 Å². The summed E-state index contributed by atoms with van der Waals surface area (Å²) in [5.41, 5.74) is 1.71. The van der Waals surface area contributed by atoms with Gasteiger partial charge in [-0.05, 0) is 0 Å². The predicted octanol–water partition coefficient (Wildman–Crippen LogP) is 4.36. The maximum atomic E-state index is 11.4. The fourth-order valence-corrected chi connectivity index (χ4v) is 6.29. The summed E-state index contributed by atoms with van der Waals surface area (Å²) in [6.07, 6.45) is 1.49. The van der Waals surface area contributed by atoms with E-state index < -0.39 is 5.60 Å². The summed E-state index contributed by atoms with van der Waals surface area (Å²) < 4.78 is 29.2. The zero-order valence-corrected chi connectivity index (χ0v) is 22.1. The van der Waals surface area contributed by atoms with E-state index >= 15 is 0 Å². The number of rotatable bonds is 12. The summed E-state index contributed by atoms with van der Waals surface area (Å²) in [6.45, 7) is 6.37. The molecule has 186 valence electrons. The maximum absolute atomic E-state index is 11.4. The van der Waals surface area contributed by atoms with Crippen LogP contribution in [0, 0.1) is 17.0 Å². The molecule has 0 bridgehead atoms. The molecule has 1 aliphatic rings. The Hall–Kier alpha value is -2.16. The van der Waals surface area contributed by atoms with Crippen molar-refractivity contribution in [1.82, 2.24) is 0 Å². The molecule has 2 aromatic rings. The van der Waals surface area contributed by atoms with E-state index in [0.717, 1.165) is 45.2 Å². The molecule has 0 amide bonds. The fourth-order valence-electron chi connectivity index (χ4n) is 4.01. The van der Waals surface area contributed by atoms with E-state index in [9.17, 15) is 10.1 Å². The second kappa shape index (κ2) is 12.0. The van der Waals surface area contributed by atoms with Crippen LogP contribution in [0.25, 0.3) is 0 Å². The van der Waals surface area contributed by atoms with Crippen LogP contribution < -0.4 is 13.9 Å². The number of hydrogen-bond donors (Lipinski definition) is 0. The van der Waals surface area contributed by atoms with Gasteiger partial charge in [-0.15, -0.1) is 0 Å². The molecule has 3 rings (SSSR count). The molecule has 0 aromatic heterocycles. The van der Waals surface area contributed by atoms with Crippen LogP contribution in [0.4, 0.5) is 5.69 Å². The van der Waals surface area contributed by atoms with Gasteiger partial charge >= 0.3 is 207 Å². The SMILES string of the molecule is COCOc1cc2c(cc1C)O[C@H](C(C)(C)OCOC)C[C@H]2CC[Se]c1ccccc1[N+](=O)[O-]. The molecule has 0 radical (unpaired) electrons. The van der Waals surface area contributed by atoms with Crippen molar-refractivity contribution in [3.8, 4) is 11.5 Å². The van der Waals surface area contributed by atoms with E-state index in [1.807, 2.05) is 45.0 Å². The Morgan fingerprint density at radius 2 is 1.91 bits per heavy atom. The predicted molar refractivity (Wildman–Crippen MR) is 130 cm³/mol. The number of benzene rings is 2. The second-order valence-electron chi connectivity index (χ2n) is 8.76. The third-order valence-corrected chi connectivity index (χ3v) is 8.26. The summed E-state index contributed by atoms with van der Waals surface area (Å²) in [7, 11) is 3.20. The summed E-state index contributed by atoms with van der Waals surface area (Å²) in [5, 5.41) is 12.3. The molecule has 0 spiro atoms. The number of methoxy groups -OCH3 is 2. The number of para-hydroxylation sites is 1. The Kier molecular flexibility index (Phi) is 9.33. The quantitative estimate of drug-likeness (QED) is 0.172. The first-order chi connectivity index (χ1) is 16.3. The van der Waals surface area contributed by atoms with Crippen LogP contribution >= 0.6 is 0 Å². The first kappa shape index (κ1) is 26.4. The van der Waals surface area contributed by atoms with E-state index in [1.165, 1.54) is 0 Å². The van der Waals surface area contributed by atoms with Crippen LogP contribution in [-0.2, 0) is 14.2 Å². The number of fused-ring (bicyclic) bond motifs is 1. The van der Waals surface area contributed by atoms with E-state index in [2.05, 4.69) is 0 Å². The zero-order chi connectivity index (χ0) is 24.7. The third kappa shape index (κ3) is 6.49. The summed E-state index contributed by atoms with van der Waals surface area (Å²) >= 11 is -0.0141. The van der Waals surface area contributed by atoms with E-state index in [-0.39, 0.29) is 51.2 Å². The average Bonchev–Trinajstić information content (AvgIpc) is 2.81. The van der Waals surface area contributed by atoms with Gasteiger partial charge in [0.2, 0.25) is 0 Å². The Balaban J connectivity index is 1.84. The van der Waals surface area contributed by atoms with Gasteiger partial charge in [0.1, 0.15) is 0 Å². The van der Waals surface area contributed by atoms with Crippen molar-refractivity contribution in [2.75, 3.05) is 27.8 Å². The van der Waals surface area contributed by atoms with Crippen molar-refractivity contribution in [3.05, 3.63) is 57.6 Å². The van der Waals surface area contributed by atoms with Gasteiger partial charge in [0.25, 0.3) is 0 Å². The Morgan fingerprint density at radius 3 is 2.62 bits per heavy atom. The summed E-state index contributed by atoms with van der Waals surface area (Å²) in [4.78, 5) is 11.1. The van der Waals surface area contributed by atoms with Crippen LogP contribution in [0.5, 0.6) is 11.5 Å². The summed E-state index contributed by atoms with van der Waals surface area (Å²) in [5.74, 6) is 1.80. The molecule has 0 saturated heterocycles. The molecule has 0 saturated carbocycles. The average molecular weight is 538 g/mol. The molecular formula is C25H33NO7Se. The molecule has 0 N–H and O–H groups in total. The molecule has 0 aliphatic carbocycles. The van der Waals surface area contributed by atoms with Gasteiger partial charge in [0, 0.05) is 0 Å². The normalized spacial score (nSPS) is 17.7.